The zero-order chi connectivity index (χ0) is 10.7. The van der Waals surface area contributed by atoms with E-state index in [0.717, 1.165) is 32.5 Å². The topological polar surface area (TPSA) is 66.0 Å². The van der Waals surface area contributed by atoms with Crippen molar-refractivity contribution in [2.24, 2.45) is 11.7 Å². The Bertz CT molecular complexity index is 322. The van der Waals surface area contributed by atoms with E-state index in [1.807, 2.05) is 11.7 Å². The molecule has 0 radical (unpaired) electrons. The quantitative estimate of drug-likeness (QED) is 0.600. The van der Waals surface area contributed by atoms with Crippen LogP contribution < -0.4 is 5.73 Å². The third-order valence-corrected chi connectivity index (χ3v) is 3.57. The highest BCUT2D eigenvalue weighted by atomic mass is 32.1. The second-order valence-electron chi connectivity index (χ2n) is 4.00. The smallest absolute Gasteiger partial charge is 0.0949 e. The van der Waals surface area contributed by atoms with E-state index in [4.69, 9.17) is 11.1 Å². The molecule has 1 fully saturated rings. The molecule has 0 aliphatic carbocycles. The molecule has 4 nitrogen and oxygen atoms in total. The molecule has 0 amide bonds. The number of piperidine rings is 1. The molecule has 1 atom stereocenters. The van der Waals surface area contributed by atoms with Gasteiger partial charge < -0.3 is 5.73 Å². The number of nitrogens with zero attached hydrogens (tertiary/aromatic N) is 2. The summed E-state index contributed by atoms with van der Waals surface area (Å²) in [6.07, 6.45) is 4.12. The molecule has 0 bridgehead atoms. The Morgan fingerprint density at radius 3 is 3.27 bits per heavy atom. The van der Waals surface area contributed by atoms with Gasteiger partial charge in [0.05, 0.1) is 11.3 Å². The first kappa shape index (κ1) is 10.6. The fourth-order valence-corrected chi connectivity index (χ4v) is 2.63. The Hall–Kier alpha value is -0.940. The van der Waals surface area contributed by atoms with Crippen molar-refractivity contribution in [1.82, 2.24) is 9.88 Å². The Morgan fingerprint density at radius 2 is 2.60 bits per heavy atom. The molecule has 1 aromatic rings. The summed E-state index contributed by atoms with van der Waals surface area (Å²) < 4.78 is 0. The predicted molar refractivity (Wildman–Crippen MR) is 62.0 cm³/mol. The summed E-state index contributed by atoms with van der Waals surface area (Å²) in [4.78, 5) is 7.72. The molecule has 0 aromatic carbocycles. The standard InChI is InChI=1S/C10H16N4S/c11-10(12)8-2-1-3-14(5-8)6-9-4-13-7-15-9/h4,7-8H,1-3,5-6H2,(H3,11,12). The van der Waals surface area contributed by atoms with Crippen LogP contribution in [0.4, 0.5) is 0 Å². The molecule has 1 unspecified atom stereocenters. The molecular weight excluding hydrogens is 208 g/mol. The second-order valence-corrected chi connectivity index (χ2v) is 4.97. The molecule has 82 valence electrons. The minimum atomic E-state index is 0.256. The number of thiazole rings is 1. The normalized spacial score (nSPS) is 22.8. The summed E-state index contributed by atoms with van der Waals surface area (Å²) in [7, 11) is 0. The maximum Gasteiger partial charge on any atom is 0.0949 e. The molecule has 0 spiro atoms. The molecule has 2 rings (SSSR count). The van der Waals surface area contributed by atoms with Crippen molar-refractivity contribution in [2.75, 3.05) is 13.1 Å². The van der Waals surface area contributed by atoms with Gasteiger partial charge in [-0.2, -0.15) is 0 Å². The molecule has 5 heteroatoms. The first-order chi connectivity index (χ1) is 7.25. The number of nitrogens with two attached hydrogens (primary N) is 1. The van der Waals surface area contributed by atoms with Crippen LogP contribution in [0.25, 0.3) is 0 Å². The van der Waals surface area contributed by atoms with Crippen LogP contribution in [0.1, 0.15) is 17.7 Å². The Balaban J connectivity index is 1.90. The fourth-order valence-electron chi connectivity index (χ4n) is 1.99. The highest BCUT2D eigenvalue weighted by Crippen LogP contribution is 2.19. The van der Waals surface area contributed by atoms with Crippen LogP contribution in [0.5, 0.6) is 0 Å². The van der Waals surface area contributed by atoms with Gasteiger partial charge in [-0.05, 0) is 19.4 Å². The average molecular weight is 224 g/mol. The Morgan fingerprint density at radius 1 is 1.73 bits per heavy atom. The van der Waals surface area contributed by atoms with Crippen molar-refractivity contribution in [3.8, 4) is 0 Å². The van der Waals surface area contributed by atoms with Crippen LogP contribution in [0.15, 0.2) is 11.7 Å². The minimum Gasteiger partial charge on any atom is -0.387 e. The van der Waals surface area contributed by atoms with Gasteiger partial charge in [0.1, 0.15) is 0 Å². The highest BCUT2D eigenvalue weighted by molar-refractivity contribution is 7.09. The van der Waals surface area contributed by atoms with E-state index in [1.54, 1.807) is 11.3 Å². The fraction of sp³-hybridized carbons (Fsp3) is 0.600. The van der Waals surface area contributed by atoms with Gasteiger partial charge in [0, 0.05) is 30.1 Å². The van der Waals surface area contributed by atoms with E-state index in [9.17, 15) is 0 Å². The van der Waals surface area contributed by atoms with Gasteiger partial charge in [-0.3, -0.25) is 15.3 Å². The van der Waals surface area contributed by atoms with Gasteiger partial charge in [0.25, 0.3) is 0 Å². The van der Waals surface area contributed by atoms with Gasteiger partial charge in [0.15, 0.2) is 0 Å². The molecule has 1 saturated heterocycles. The van der Waals surface area contributed by atoms with Gasteiger partial charge in [-0.25, -0.2) is 0 Å². The van der Waals surface area contributed by atoms with Crippen LogP contribution in [-0.4, -0.2) is 28.8 Å². The van der Waals surface area contributed by atoms with E-state index in [1.165, 1.54) is 4.88 Å². The van der Waals surface area contributed by atoms with Crippen LogP contribution >= 0.6 is 11.3 Å². The molecule has 2 heterocycles. The highest BCUT2D eigenvalue weighted by Gasteiger charge is 2.21. The van der Waals surface area contributed by atoms with Gasteiger partial charge in [0.2, 0.25) is 0 Å². The van der Waals surface area contributed by atoms with Crippen molar-refractivity contribution >= 4 is 17.2 Å². The van der Waals surface area contributed by atoms with E-state index < -0.39 is 0 Å². The lowest BCUT2D eigenvalue weighted by Crippen LogP contribution is -2.40. The van der Waals surface area contributed by atoms with Gasteiger partial charge in [-0.15, -0.1) is 11.3 Å². The molecule has 1 aliphatic rings. The molecule has 15 heavy (non-hydrogen) atoms. The summed E-state index contributed by atoms with van der Waals surface area (Å²) in [5.74, 6) is 0.593. The zero-order valence-electron chi connectivity index (χ0n) is 8.65. The number of nitrogens with one attached hydrogen (secondary N) is 1. The molecule has 0 saturated carbocycles. The summed E-state index contributed by atoms with van der Waals surface area (Å²) >= 11 is 1.69. The van der Waals surface area contributed by atoms with E-state index in [-0.39, 0.29) is 5.92 Å². The van der Waals surface area contributed by atoms with Crippen LogP contribution in [0.2, 0.25) is 0 Å². The SMILES string of the molecule is N=C(N)C1CCCN(Cc2cncs2)C1. The number of likely N-dealkylation sites (tertiary alicyclic amines) is 1. The Labute approximate surface area is 93.6 Å². The van der Waals surface area contributed by atoms with Crippen molar-refractivity contribution in [3.63, 3.8) is 0 Å². The van der Waals surface area contributed by atoms with Crippen molar-refractivity contribution in [1.29, 1.82) is 5.41 Å². The summed E-state index contributed by atoms with van der Waals surface area (Å²) in [5, 5.41) is 7.47. The van der Waals surface area contributed by atoms with E-state index in [2.05, 4.69) is 9.88 Å². The summed E-state index contributed by atoms with van der Waals surface area (Å²) in [5.41, 5.74) is 7.41. The number of aromatic nitrogens is 1. The third kappa shape index (κ3) is 2.76. The largest absolute Gasteiger partial charge is 0.387 e. The zero-order valence-corrected chi connectivity index (χ0v) is 9.46. The minimum absolute atomic E-state index is 0.256. The maximum absolute atomic E-state index is 7.47. The molecular formula is C10H16N4S. The summed E-state index contributed by atoms with van der Waals surface area (Å²) in [6, 6.07) is 0. The molecule has 1 aromatic heterocycles. The second kappa shape index (κ2) is 4.72. The third-order valence-electron chi connectivity index (χ3n) is 2.81. The number of rotatable bonds is 3. The van der Waals surface area contributed by atoms with E-state index in [0.29, 0.717) is 5.84 Å². The monoisotopic (exact) mass is 224 g/mol. The maximum atomic E-state index is 7.47. The lowest BCUT2D eigenvalue weighted by molar-refractivity contribution is 0.197. The van der Waals surface area contributed by atoms with Crippen LogP contribution in [0, 0.1) is 11.3 Å². The average Bonchev–Trinajstić information content (AvgIpc) is 2.71. The van der Waals surface area contributed by atoms with Crippen LogP contribution in [-0.2, 0) is 6.54 Å². The summed E-state index contributed by atoms with van der Waals surface area (Å²) in [6.45, 7) is 2.99. The molecule has 3 N–H and O–H groups in total. The van der Waals surface area contributed by atoms with E-state index >= 15 is 0 Å². The first-order valence-electron chi connectivity index (χ1n) is 5.19. The van der Waals surface area contributed by atoms with Gasteiger partial charge >= 0.3 is 0 Å². The van der Waals surface area contributed by atoms with Gasteiger partial charge in [-0.1, -0.05) is 0 Å². The Kier molecular flexibility index (Phi) is 3.33. The van der Waals surface area contributed by atoms with Crippen molar-refractivity contribution in [2.45, 2.75) is 19.4 Å². The lowest BCUT2D eigenvalue weighted by atomic mass is 9.97. The number of amidine groups is 1. The van der Waals surface area contributed by atoms with Crippen LogP contribution in [0.3, 0.4) is 0 Å². The molecule has 1 aliphatic heterocycles. The van der Waals surface area contributed by atoms with Crippen molar-refractivity contribution < 1.29 is 0 Å². The lowest BCUT2D eigenvalue weighted by Gasteiger charge is -2.31. The number of hydrogen-bond donors (Lipinski definition) is 2. The first-order valence-corrected chi connectivity index (χ1v) is 6.07. The number of hydrogen-bond acceptors (Lipinski definition) is 4. The predicted octanol–water partition coefficient (Wildman–Crippen LogP) is 1.29. The van der Waals surface area contributed by atoms with Crippen molar-refractivity contribution in [3.05, 3.63) is 16.6 Å².